The van der Waals surface area contributed by atoms with Crippen LogP contribution >= 0.6 is 0 Å². The highest BCUT2D eigenvalue weighted by Gasteiger charge is 2.04. The van der Waals surface area contributed by atoms with E-state index >= 15 is 0 Å². The van der Waals surface area contributed by atoms with E-state index in [2.05, 4.69) is 19.2 Å². The first-order chi connectivity index (χ1) is 8.47. The molecule has 2 N–H and O–H groups in total. The van der Waals surface area contributed by atoms with Gasteiger partial charge in [0.25, 0.3) is 5.91 Å². The standard InChI is InChI=1S/C14H21NO3/c1-10(2)4-5-15-14(17)9-18-13-7-11(3)6-12(16)8-13/h6-8,10,16H,4-5,9H2,1-3H3,(H,15,17). The minimum Gasteiger partial charge on any atom is -0.508 e. The van der Waals surface area contributed by atoms with Crippen LogP contribution in [0.4, 0.5) is 0 Å². The van der Waals surface area contributed by atoms with Gasteiger partial charge in [0.2, 0.25) is 0 Å². The number of amides is 1. The van der Waals surface area contributed by atoms with Crippen LogP contribution in [0.15, 0.2) is 18.2 Å². The first-order valence-corrected chi connectivity index (χ1v) is 6.17. The van der Waals surface area contributed by atoms with Crippen molar-refractivity contribution < 1.29 is 14.6 Å². The molecule has 4 nitrogen and oxygen atoms in total. The number of carbonyl (C=O) groups excluding carboxylic acids is 1. The van der Waals surface area contributed by atoms with Gasteiger partial charge < -0.3 is 15.2 Å². The number of carbonyl (C=O) groups is 1. The van der Waals surface area contributed by atoms with E-state index in [0.717, 1.165) is 12.0 Å². The Kier molecular flexibility index (Phi) is 5.49. The number of aromatic hydroxyl groups is 1. The second-order valence-corrected chi connectivity index (χ2v) is 4.83. The van der Waals surface area contributed by atoms with Crippen LogP contribution in [0.1, 0.15) is 25.8 Å². The topological polar surface area (TPSA) is 58.6 Å². The molecule has 1 aromatic rings. The average Bonchev–Trinajstić information content (AvgIpc) is 2.24. The van der Waals surface area contributed by atoms with Crippen molar-refractivity contribution in [2.45, 2.75) is 27.2 Å². The fourth-order valence-corrected chi connectivity index (χ4v) is 1.51. The smallest absolute Gasteiger partial charge is 0.257 e. The lowest BCUT2D eigenvalue weighted by atomic mass is 10.1. The second kappa shape index (κ2) is 6.89. The number of benzene rings is 1. The van der Waals surface area contributed by atoms with Crippen molar-refractivity contribution in [3.8, 4) is 11.5 Å². The molecule has 0 saturated carbocycles. The molecule has 0 aromatic heterocycles. The normalized spacial score (nSPS) is 10.4. The van der Waals surface area contributed by atoms with E-state index in [1.54, 1.807) is 12.1 Å². The van der Waals surface area contributed by atoms with E-state index in [1.807, 2.05) is 6.92 Å². The van der Waals surface area contributed by atoms with E-state index in [-0.39, 0.29) is 18.3 Å². The minimum atomic E-state index is -0.142. The Hall–Kier alpha value is -1.71. The van der Waals surface area contributed by atoms with Gasteiger partial charge in [0.1, 0.15) is 11.5 Å². The fraction of sp³-hybridized carbons (Fsp3) is 0.500. The van der Waals surface area contributed by atoms with Gasteiger partial charge in [-0.2, -0.15) is 0 Å². The van der Waals surface area contributed by atoms with Gasteiger partial charge in [0.15, 0.2) is 6.61 Å². The van der Waals surface area contributed by atoms with Crippen LogP contribution in [-0.4, -0.2) is 24.2 Å². The number of rotatable bonds is 6. The molecule has 0 fully saturated rings. The molecule has 0 bridgehead atoms. The van der Waals surface area contributed by atoms with Crippen LogP contribution in [-0.2, 0) is 4.79 Å². The van der Waals surface area contributed by atoms with Crippen LogP contribution < -0.4 is 10.1 Å². The van der Waals surface area contributed by atoms with E-state index in [1.165, 1.54) is 6.07 Å². The van der Waals surface area contributed by atoms with Gasteiger partial charge in [-0.3, -0.25) is 4.79 Å². The lowest BCUT2D eigenvalue weighted by Crippen LogP contribution is -2.30. The van der Waals surface area contributed by atoms with Crippen LogP contribution in [0, 0.1) is 12.8 Å². The summed E-state index contributed by atoms with van der Waals surface area (Å²) in [4.78, 5) is 11.5. The lowest BCUT2D eigenvalue weighted by molar-refractivity contribution is -0.123. The highest BCUT2D eigenvalue weighted by Crippen LogP contribution is 2.20. The highest BCUT2D eigenvalue weighted by molar-refractivity contribution is 5.77. The van der Waals surface area contributed by atoms with Gasteiger partial charge in [-0.1, -0.05) is 13.8 Å². The third kappa shape index (κ3) is 5.57. The SMILES string of the molecule is Cc1cc(O)cc(OCC(=O)NCCC(C)C)c1. The quantitative estimate of drug-likeness (QED) is 0.815. The molecule has 0 aliphatic carbocycles. The lowest BCUT2D eigenvalue weighted by Gasteiger charge is -2.09. The maximum absolute atomic E-state index is 11.5. The van der Waals surface area contributed by atoms with Crippen molar-refractivity contribution in [1.82, 2.24) is 5.32 Å². The number of phenols is 1. The van der Waals surface area contributed by atoms with E-state index in [0.29, 0.717) is 18.2 Å². The van der Waals surface area contributed by atoms with Gasteiger partial charge >= 0.3 is 0 Å². The predicted octanol–water partition coefficient (Wildman–Crippen LogP) is 2.24. The predicted molar refractivity (Wildman–Crippen MR) is 70.8 cm³/mol. The summed E-state index contributed by atoms with van der Waals surface area (Å²) in [6.07, 6.45) is 0.955. The van der Waals surface area contributed by atoms with Crippen LogP contribution in [0.25, 0.3) is 0 Å². The number of hydrogen-bond donors (Lipinski definition) is 2. The first-order valence-electron chi connectivity index (χ1n) is 6.17. The number of aryl methyl sites for hydroxylation is 1. The number of hydrogen-bond acceptors (Lipinski definition) is 3. The monoisotopic (exact) mass is 251 g/mol. The van der Waals surface area contributed by atoms with Gasteiger partial charge in [-0.25, -0.2) is 0 Å². The van der Waals surface area contributed by atoms with Crippen molar-refractivity contribution >= 4 is 5.91 Å². The molecule has 0 spiro atoms. The maximum atomic E-state index is 11.5. The molecule has 1 rings (SSSR count). The summed E-state index contributed by atoms with van der Waals surface area (Å²) in [5.41, 5.74) is 0.894. The maximum Gasteiger partial charge on any atom is 0.257 e. The zero-order valence-corrected chi connectivity index (χ0v) is 11.2. The van der Waals surface area contributed by atoms with Gasteiger partial charge in [-0.05, 0) is 37.0 Å². The van der Waals surface area contributed by atoms with Crippen LogP contribution in [0.2, 0.25) is 0 Å². The Morgan fingerprint density at radius 3 is 2.72 bits per heavy atom. The van der Waals surface area contributed by atoms with Crippen LogP contribution in [0.3, 0.4) is 0 Å². The molecule has 0 aliphatic heterocycles. The molecular weight excluding hydrogens is 230 g/mol. The molecule has 100 valence electrons. The Balaban J connectivity index is 2.33. The molecule has 0 heterocycles. The van der Waals surface area contributed by atoms with E-state index in [9.17, 15) is 9.90 Å². The molecule has 4 heteroatoms. The Labute approximate surface area is 108 Å². The third-order valence-electron chi connectivity index (χ3n) is 2.45. The Morgan fingerprint density at radius 1 is 1.39 bits per heavy atom. The summed E-state index contributed by atoms with van der Waals surface area (Å²) < 4.78 is 5.31. The van der Waals surface area contributed by atoms with Crippen molar-refractivity contribution in [3.05, 3.63) is 23.8 Å². The summed E-state index contributed by atoms with van der Waals surface area (Å²) in [6.45, 7) is 6.71. The molecule has 0 saturated heterocycles. The second-order valence-electron chi connectivity index (χ2n) is 4.83. The first kappa shape index (κ1) is 14.4. The van der Waals surface area contributed by atoms with Crippen LogP contribution in [0.5, 0.6) is 11.5 Å². The van der Waals surface area contributed by atoms with E-state index in [4.69, 9.17) is 4.74 Å². The van der Waals surface area contributed by atoms with Crippen molar-refractivity contribution in [2.75, 3.05) is 13.2 Å². The van der Waals surface area contributed by atoms with Gasteiger partial charge in [-0.15, -0.1) is 0 Å². The summed E-state index contributed by atoms with van der Waals surface area (Å²) in [5, 5.41) is 12.2. The minimum absolute atomic E-state index is 0.0268. The Bertz CT molecular complexity index is 382. The third-order valence-corrected chi connectivity index (χ3v) is 2.45. The summed E-state index contributed by atoms with van der Waals surface area (Å²) in [6, 6.07) is 4.91. The largest absolute Gasteiger partial charge is 0.508 e. The fourth-order valence-electron chi connectivity index (χ4n) is 1.51. The molecule has 0 aliphatic rings. The molecular formula is C14H21NO3. The number of nitrogens with one attached hydrogen (secondary N) is 1. The average molecular weight is 251 g/mol. The van der Waals surface area contributed by atoms with Gasteiger partial charge in [0.05, 0.1) is 0 Å². The summed E-state index contributed by atoms with van der Waals surface area (Å²) >= 11 is 0. The molecule has 18 heavy (non-hydrogen) atoms. The molecule has 0 atom stereocenters. The van der Waals surface area contributed by atoms with Crippen molar-refractivity contribution in [3.63, 3.8) is 0 Å². The zero-order valence-electron chi connectivity index (χ0n) is 11.2. The highest BCUT2D eigenvalue weighted by atomic mass is 16.5. The zero-order chi connectivity index (χ0) is 13.5. The van der Waals surface area contributed by atoms with Crippen molar-refractivity contribution in [1.29, 1.82) is 0 Å². The molecule has 1 aromatic carbocycles. The Morgan fingerprint density at radius 2 is 2.11 bits per heavy atom. The molecule has 0 radical (unpaired) electrons. The molecule has 0 unspecified atom stereocenters. The van der Waals surface area contributed by atoms with Crippen molar-refractivity contribution in [2.24, 2.45) is 5.92 Å². The summed E-state index contributed by atoms with van der Waals surface area (Å²) in [7, 11) is 0. The summed E-state index contributed by atoms with van der Waals surface area (Å²) in [5.74, 6) is 1.08. The van der Waals surface area contributed by atoms with Gasteiger partial charge in [0, 0.05) is 12.6 Å². The van der Waals surface area contributed by atoms with E-state index < -0.39 is 0 Å². The number of ether oxygens (including phenoxy) is 1. The molecule has 1 amide bonds. The number of phenolic OH excluding ortho intramolecular Hbond substituents is 1.